The second-order valence-electron chi connectivity index (χ2n) is 7.74. The minimum atomic E-state index is -4.00. The smallest absolute Gasteiger partial charge is 0.293 e. The van der Waals surface area contributed by atoms with E-state index in [2.05, 4.69) is 20.0 Å². The fourth-order valence-corrected chi connectivity index (χ4v) is 4.70. The largest absolute Gasteiger partial charge is 0.379 e. The third-order valence-corrected chi connectivity index (χ3v) is 6.58. The Bertz CT molecular complexity index is 1410. The summed E-state index contributed by atoms with van der Waals surface area (Å²) in [4.78, 5) is 18.5. The highest BCUT2D eigenvalue weighted by Gasteiger charge is 2.22. The molecule has 1 aromatic heterocycles. The first-order valence-electron chi connectivity index (χ1n) is 10.3. The van der Waals surface area contributed by atoms with Gasteiger partial charge in [-0.3, -0.25) is 14.8 Å². The van der Waals surface area contributed by atoms with E-state index in [9.17, 15) is 18.5 Å². The van der Waals surface area contributed by atoms with E-state index in [-0.39, 0.29) is 16.3 Å². The summed E-state index contributed by atoms with van der Waals surface area (Å²) in [7, 11) is -4.00. The van der Waals surface area contributed by atoms with E-state index >= 15 is 0 Å². The molecule has 1 heterocycles. The number of nitro groups is 1. The number of hydrogen-bond donors (Lipinski definition) is 3. The number of H-pyrrole nitrogens is 1. The van der Waals surface area contributed by atoms with Crippen molar-refractivity contribution in [2.24, 2.45) is 0 Å². The maximum Gasteiger partial charge on any atom is 0.293 e. The van der Waals surface area contributed by atoms with Gasteiger partial charge < -0.3 is 10.3 Å². The first-order valence-corrected chi connectivity index (χ1v) is 11.8. The number of aromatic amines is 1. The first kappa shape index (κ1) is 22.3. The SMILES string of the molecule is Cc1ccc(NS(=O)(=O)c2ccc(NCCc3nc4ccccc4[nH]3)c([N+](=O)[O-])c2)c(C)c1. The molecule has 0 atom stereocenters. The molecule has 0 saturated heterocycles. The molecule has 3 aromatic carbocycles. The van der Waals surface area contributed by atoms with Gasteiger partial charge in [-0.25, -0.2) is 13.4 Å². The summed E-state index contributed by atoms with van der Waals surface area (Å²) in [5.74, 6) is 0.753. The molecule has 9 nitrogen and oxygen atoms in total. The van der Waals surface area contributed by atoms with Gasteiger partial charge >= 0.3 is 0 Å². The summed E-state index contributed by atoms with van der Waals surface area (Å²) in [5, 5.41) is 14.6. The molecule has 0 aliphatic carbocycles. The van der Waals surface area contributed by atoms with Crippen LogP contribution < -0.4 is 10.0 Å². The highest BCUT2D eigenvalue weighted by molar-refractivity contribution is 7.92. The van der Waals surface area contributed by atoms with Gasteiger partial charge in [0.25, 0.3) is 15.7 Å². The molecule has 3 N–H and O–H groups in total. The molecule has 0 aliphatic rings. The number of nitrogens with zero attached hydrogens (tertiary/aromatic N) is 2. The molecule has 0 fully saturated rings. The van der Waals surface area contributed by atoms with Gasteiger partial charge in [0.15, 0.2) is 0 Å². The molecule has 0 radical (unpaired) electrons. The van der Waals surface area contributed by atoms with Crippen molar-refractivity contribution < 1.29 is 13.3 Å². The lowest BCUT2D eigenvalue weighted by atomic mass is 10.1. The molecular formula is C23H23N5O4S. The van der Waals surface area contributed by atoms with Crippen molar-refractivity contribution in [2.45, 2.75) is 25.2 Å². The van der Waals surface area contributed by atoms with Crippen LogP contribution in [0.15, 0.2) is 65.6 Å². The zero-order valence-corrected chi connectivity index (χ0v) is 18.9. The monoisotopic (exact) mass is 465 g/mol. The molecule has 33 heavy (non-hydrogen) atoms. The van der Waals surface area contributed by atoms with Crippen LogP contribution in [0, 0.1) is 24.0 Å². The van der Waals surface area contributed by atoms with Crippen LogP contribution in [-0.2, 0) is 16.4 Å². The Morgan fingerprint density at radius 3 is 2.52 bits per heavy atom. The second kappa shape index (κ2) is 8.91. The lowest BCUT2D eigenvalue weighted by Crippen LogP contribution is -2.15. The minimum Gasteiger partial charge on any atom is -0.379 e. The van der Waals surface area contributed by atoms with Crippen molar-refractivity contribution in [3.05, 3.63) is 87.7 Å². The zero-order chi connectivity index (χ0) is 23.6. The molecular weight excluding hydrogens is 442 g/mol. The van der Waals surface area contributed by atoms with Crippen molar-refractivity contribution in [3.8, 4) is 0 Å². The number of anilines is 2. The quantitative estimate of drug-likeness (QED) is 0.259. The van der Waals surface area contributed by atoms with Gasteiger partial charge in [0.1, 0.15) is 11.5 Å². The van der Waals surface area contributed by atoms with E-state index in [1.54, 1.807) is 19.1 Å². The molecule has 0 amide bonds. The Hall–Kier alpha value is -3.92. The molecule has 0 bridgehead atoms. The maximum absolute atomic E-state index is 12.8. The van der Waals surface area contributed by atoms with E-state index in [0.29, 0.717) is 18.7 Å². The number of hydrogen-bond acceptors (Lipinski definition) is 6. The Kier molecular flexibility index (Phi) is 6.01. The Labute approximate surface area is 191 Å². The summed E-state index contributed by atoms with van der Waals surface area (Å²) in [6.45, 7) is 4.09. The number of nitro benzene ring substituents is 1. The zero-order valence-electron chi connectivity index (χ0n) is 18.1. The summed E-state index contributed by atoms with van der Waals surface area (Å²) in [6, 6.07) is 16.8. The van der Waals surface area contributed by atoms with Gasteiger partial charge in [0.05, 0.1) is 26.5 Å². The second-order valence-corrected chi connectivity index (χ2v) is 9.42. The van der Waals surface area contributed by atoms with Crippen molar-refractivity contribution in [2.75, 3.05) is 16.6 Å². The Morgan fingerprint density at radius 1 is 1.03 bits per heavy atom. The number of fused-ring (bicyclic) bond motifs is 1. The first-order chi connectivity index (χ1) is 15.7. The van der Waals surface area contributed by atoms with E-state index < -0.39 is 14.9 Å². The van der Waals surface area contributed by atoms with Crippen LogP contribution in [0.5, 0.6) is 0 Å². The van der Waals surface area contributed by atoms with Crippen LogP contribution in [0.25, 0.3) is 11.0 Å². The predicted octanol–water partition coefficient (Wildman–Crippen LogP) is 4.54. The third kappa shape index (κ3) is 4.96. The van der Waals surface area contributed by atoms with Gasteiger partial charge in [-0.1, -0.05) is 29.8 Å². The number of imidazole rings is 1. The molecule has 0 aliphatic heterocycles. The summed E-state index contributed by atoms with van der Waals surface area (Å²) in [5.41, 5.74) is 3.88. The third-order valence-electron chi connectivity index (χ3n) is 5.22. The van der Waals surface area contributed by atoms with E-state index in [1.807, 2.05) is 37.3 Å². The van der Waals surface area contributed by atoms with Crippen LogP contribution >= 0.6 is 0 Å². The standard InChI is InChI=1S/C23H23N5O4S/c1-15-7-9-18(16(2)13-15)27-33(31,32)17-8-10-21(22(14-17)28(29)30)24-12-11-23-25-19-5-3-4-6-20(19)26-23/h3-10,13-14,24,27H,11-12H2,1-2H3,(H,25,26). The van der Waals surface area contributed by atoms with E-state index in [4.69, 9.17) is 0 Å². The number of sulfonamides is 1. The topological polar surface area (TPSA) is 130 Å². The Morgan fingerprint density at radius 2 is 1.79 bits per heavy atom. The average Bonchev–Trinajstić information content (AvgIpc) is 3.18. The molecule has 0 saturated carbocycles. The number of benzene rings is 3. The Balaban J connectivity index is 1.51. The minimum absolute atomic E-state index is 0.183. The van der Waals surface area contributed by atoms with Gasteiger partial charge in [-0.2, -0.15) is 0 Å². The molecule has 170 valence electrons. The fourth-order valence-electron chi connectivity index (χ4n) is 3.55. The van der Waals surface area contributed by atoms with Crippen molar-refractivity contribution in [1.82, 2.24) is 9.97 Å². The number of rotatable bonds is 8. The summed E-state index contributed by atoms with van der Waals surface area (Å²) < 4.78 is 28.2. The molecule has 0 spiro atoms. The van der Waals surface area contributed by atoms with Crippen molar-refractivity contribution >= 4 is 38.1 Å². The predicted molar refractivity (Wildman–Crippen MR) is 128 cm³/mol. The lowest BCUT2D eigenvalue weighted by Gasteiger charge is -2.12. The van der Waals surface area contributed by atoms with E-state index in [0.717, 1.165) is 34.1 Å². The maximum atomic E-state index is 12.8. The lowest BCUT2D eigenvalue weighted by molar-refractivity contribution is -0.384. The number of nitrogens with one attached hydrogen (secondary N) is 3. The average molecular weight is 466 g/mol. The van der Waals surface area contributed by atoms with Crippen LogP contribution in [0.1, 0.15) is 17.0 Å². The van der Waals surface area contributed by atoms with Crippen molar-refractivity contribution in [1.29, 1.82) is 0 Å². The van der Waals surface area contributed by atoms with Crippen LogP contribution in [0.2, 0.25) is 0 Å². The van der Waals surface area contributed by atoms with Gasteiger partial charge in [0.2, 0.25) is 0 Å². The van der Waals surface area contributed by atoms with Crippen molar-refractivity contribution in [3.63, 3.8) is 0 Å². The number of aromatic nitrogens is 2. The van der Waals surface area contributed by atoms with Crippen LogP contribution in [0.4, 0.5) is 17.1 Å². The molecule has 4 aromatic rings. The fraction of sp³-hybridized carbons (Fsp3) is 0.174. The summed E-state index contributed by atoms with van der Waals surface area (Å²) >= 11 is 0. The van der Waals surface area contributed by atoms with Gasteiger partial charge in [-0.05, 0) is 49.7 Å². The number of para-hydroxylation sites is 2. The van der Waals surface area contributed by atoms with E-state index in [1.165, 1.54) is 12.1 Å². The highest BCUT2D eigenvalue weighted by atomic mass is 32.2. The molecule has 4 rings (SSSR count). The summed E-state index contributed by atoms with van der Waals surface area (Å²) in [6.07, 6.45) is 0.514. The van der Waals surface area contributed by atoms with Gasteiger partial charge in [-0.15, -0.1) is 0 Å². The highest BCUT2D eigenvalue weighted by Crippen LogP contribution is 2.29. The van der Waals surface area contributed by atoms with Crippen LogP contribution in [0.3, 0.4) is 0 Å². The molecule has 0 unspecified atom stereocenters. The van der Waals surface area contributed by atoms with Gasteiger partial charge in [0, 0.05) is 19.0 Å². The normalized spacial score (nSPS) is 11.5. The van der Waals surface area contributed by atoms with Crippen LogP contribution in [-0.4, -0.2) is 29.9 Å². The number of aryl methyl sites for hydroxylation is 2. The molecule has 10 heteroatoms.